The number of carboxylic acids is 1. The molecule has 0 aliphatic heterocycles. The third-order valence-corrected chi connectivity index (χ3v) is 3.05. The van der Waals surface area contributed by atoms with Crippen LogP contribution in [0.25, 0.3) is 17.3 Å². The molecule has 1 N–H and O–H groups in total. The van der Waals surface area contributed by atoms with Gasteiger partial charge in [-0.2, -0.15) is 0 Å². The maximum atomic E-state index is 10.6. The summed E-state index contributed by atoms with van der Waals surface area (Å²) in [6.45, 7) is 5.98. The molecule has 0 amide bonds. The molecule has 0 spiro atoms. The number of benzene rings is 1. The van der Waals surface area contributed by atoms with Crippen molar-refractivity contribution in [2.75, 3.05) is 0 Å². The zero-order chi connectivity index (χ0) is 14.7. The summed E-state index contributed by atoms with van der Waals surface area (Å²) in [6.07, 6.45) is 2.44. The van der Waals surface area contributed by atoms with Crippen LogP contribution in [0.3, 0.4) is 0 Å². The molecule has 0 saturated carbocycles. The fourth-order valence-corrected chi connectivity index (χ4v) is 1.86. The Morgan fingerprint density at radius 2 is 1.85 bits per heavy atom. The Hall–Kier alpha value is -2.49. The molecule has 0 aliphatic rings. The monoisotopic (exact) mass is 268 g/mol. The molecule has 1 aromatic carbocycles. The van der Waals surface area contributed by atoms with E-state index in [-0.39, 0.29) is 0 Å². The van der Waals surface area contributed by atoms with E-state index in [4.69, 9.17) is 5.11 Å². The van der Waals surface area contributed by atoms with E-state index in [2.05, 4.69) is 35.9 Å². The summed E-state index contributed by atoms with van der Waals surface area (Å²) in [5.74, 6) is -0.608. The second-order valence-electron chi connectivity index (χ2n) is 4.72. The lowest BCUT2D eigenvalue weighted by Gasteiger charge is -2.06. The van der Waals surface area contributed by atoms with Gasteiger partial charge in [-0.15, -0.1) is 0 Å². The molecule has 0 bridgehead atoms. The lowest BCUT2D eigenvalue weighted by atomic mass is 10.0. The van der Waals surface area contributed by atoms with Gasteiger partial charge in [-0.3, -0.25) is 0 Å². The molecular weight excluding hydrogens is 252 g/mol. The van der Waals surface area contributed by atoms with Crippen molar-refractivity contribution in [1.29, 1.82) is 0 Å². The van der Waals surface area contributed by atoms with Gasteiger partial charge in [-0.25, -0.2) is 14.8 Å². The van der Waals surface area contributed by atoms with Crippen LogP contribution in [0.15, 0.2) is 30.3 Å². The fourth-order valence-electron chi connectivity index (χ4n) is 1.86. The van der Waals surface area contributed by atoms with Crippen molar-refractivity contribution >= 4 is 12.0 Å². The molecule has 2 rings (SSSR count). The van der Waals surface area contributed by atoms with Gasteiger partial charge in [0.25, 0.3) is 0 Å². The highest BCUT2D eigenvalue weighted by Gasteiger charge is 2.05. The zero-order valence-electron chi connectivity index (χ0n) is 11.7. The van der Waals surface area contributed by atoms with E-state index >= 15 is 0 Å². The number of aromatic nitrogens is 2. The molecule has 1 aromatic heterocycles. The zero-order valence-corrected chi connectivity index (χ0v) is 11.7. The molecule has 4 heteroatoms. The standard InChI is InChI=1S/C16H16N2O2/c1-10-4-5-13(8-11(10)2)14-9-12(3)17-15(18-14)6-7-16(19)20/h4-9H,1-3H3,(H,19,20)/b7-6+. The number of aryl methyl sites for hydroxylation is 3. The first-order chi connectivity index (χ1) is 9.45. The minimum Gasteiger partial charge on any atom is -0.478 e. The van der Waals surface area contributed by atoms with E-state index in [1.165, 1.54) is 17.2 Å². The summed E-state index contributed by atoms with van der Waals surface area (Å²) in [7, 11) is 0. The van der Waals surface area contributed by atoms with Gasteiger partial charge in [-0.05, 0) is 50.1 Å². The highest BCUT2D eigenvalue weighted by molar-refractivity contribution is 5.84. The molecule has 0 aliphatic carbocycles. The molecule has 0 saturated heterocycles. The smallest absolute Gasteiger partial charge is 0.328 e. The Bertz CT molecular complexity index is 691. The van der Waals surface area contributed by atoms with Gasteiger partial charge in [0.1, 0.15) is 0 Å². The van der Waals surface area contributed by atoms with E-state index in [9.17, 15) is 4.79 Å². The minimum absolute atomic E-state index is 0.403. The first-order valence-electron chi connectivity index (χ1n) is 6.30. The SMILES string of the molecule is Cc1cc(-c2ccc(C)c(C)c2)nc(/C=C/C(=O)O)n1. The van der Waals surface area contributed by atoms with Crippen molar-refractivity contribution in [2.24, 2.45) is 0 Å². The molecule has 1 heterocycles. The first-order valence-corrected chi connectivity index (χ1v) is 6.30. The third-order valence-electron chi connectivity index (χ3n) is 3.05. The predicted octanol–water partition coefficient (Wildman–Crippen LogP) is 3.17. The van der Waals surface area contributed by atoms with Crippen LogP contribution < -0.4 is 0 Å². The maximum absolute atomic E-state index is 10.6. The van der Waals surface area contributed by atoms with E-state index < -0.39 is 5.97 Å². The van der Waals surface area contributed by atoms with E-state index in [0.29, 0.717) is 5.82 Å². The molecule has 0 unspecified atom stereocenters. The molecule has 0 atom stereocenters. The largest absolute Gasteiger partial charge is 0.478 e. The Kier molecular flexibility index (Phi) is 3.94. The van der Waals surface area contributed by atoms with Gasteiger partial charge in [0.05, 0.1) is 5.69 Å². The van der Waals surface area contributed by atoms with Gasteiger partial charge in [-0.1, -0.05) is 12.1 Å². The van der Waals surface area contributed by atoms with Gasteiger partial charge < -0.3 is 5.11 Å². The van der Waals surface area contributed by atoms with Gasteiger partial charge in [0, 0.05) is 17.3 Å². The number of hydrogen-bond donors (Lipinski definition) is 1. The number of carbonyl (C=O) groups is 1. The average Bonchev–Trinajstić information content (AvgIpc) is 2.39. The van der Waals surface area contributed by atoms with Crippen LogP contribution in [0.4, 0.5) is 0 Å². The highest BCUT2D eigenvalue weighted by atomic mass is 16.4. The lowest BCUT2D eigenvalue weighted by molar-refractivity contribution is -0.131. The summed E-state index contributed by atoms with van der Waals surface area (Å²) < 4.78 is 0. The Morgan fingerprint density at radius 1 is 1.10 bits per heavy atom. The summed E-state index contributed by atoms with van der Waals surface area (Å²) >= 11 is 0. The molecular formula is C16H16N2O2. The van der Waals surface area contributed by atoms with Crippen molar-refractivity contribution in [3.05, 3.63) is 53.0 Å². The van der Waals surface area contributed by atoms with E-state index in [1.54, 1.807) is 0 Å². The number of hydrogen-bond acceptors (Lipinski definition) is 3. The van der Waals surface area contributed by atoms with E-state index in [1.807, 2.05) is 19.1 Å². The summed E-state index contributed by atoms with van der Waals surface area (Å²) in [6, 6.07) is 8.02. The van der Waals surface area contributed by atoms with Crippen LogP contribution >= 0.6 is 0 Å². The van der Waals surface area contributed by atoms with Crippen molar-refractivity contribution in [3.8, 4) is 11.3 Å². The maximum Gasteiger partial charge on any atom is 0.328 e. The third kappa shape index (κ3) is 3.29. The van der Waals surface area contributed by atoms with Crippen molar-refractivity contribution in [1.82, 2.24) is 9.97 Å². The Labute approximate surface area is 117 Å². The van der Waals surface area contributed by atoms with Crippen molar-refractivity contribution < 1.29 is 9.90 Å². The predicted molar refractivity (Wildman–Crippen MR) is 78.3 cm³/mol. The van der Waals surface area contributed by atoms with Crippen molar-refractivity contribution in [3.63, 3.8) is 0 Å². The second kappa shape index (κ2) is 5.65. The van der Waals surface area contributed by atoms with Gasteiger partial charge in [0.15, 0.2) is 5.82 Å². The normalized spacial score (nSPS) is 10.9. The number of carboxylic acid groups (broad SMARTS) is 1. The number of rotatable bonds is 3. The molecule has 4 nitrogen and oxygen atoms in total. The molecule has 102 valence electrons. The van der Waals surface area contributed by atoms with Crippen LogP contribution in [-0.2, 0) is 4.79 Å². The van der Waals surface area contributed by atoms with Crippen LogP contribution in [0, 0.1) is 20.8 Å². The van der Waals surface area contributed by atoms with Crippen molar-refractivity contribution in [2.45, 2.75) is 20.8 Å². The number of nitrogens with zero attached hydrogens (tertiary/aromatic N) is 2. The Balaban J connectivity index is 2.46. The van der Waals surface area contributed by atoms with Crippen LogP contribution in [0.1, 0.15) is 22.6 Å². The quantitative estimate of drug-likeness (QED) is 0.868. The van der Waals surface area contributed by atoms with Crippen LogP contribution in [0.2, 0.25) is 0 Å². The molecule has 0 fully saturated rings. The highest BCUT2D eigenvalue weighted by Crippen LogP contribution is 2.21. The van der Waals surface area contributed by atoms with E-state index in [0.717, 1.165) is 23.0 Å². The summed E-state index contributed by atoms with van der Waals surface area (Å²) in [5, 5.41) is 8.65. The summed E-state index contributed by atoms with van der Waals surface area (Å²) in [5.41, 5.74) is 5.03. The molecule has 20 heavy (non-hydrogen) atoms. The Morgan fingerprint density at radius 3 is 2.50 bits per heavy atom. The average molecular weight is 268 g/mol. The molecule has 0 radical (unpaired) electrons. The van der Waals surface area contributed by atoms with Crippen LogP contribution in [0.5, 0.6) is 0 Å². The lowest BCUT2D eigenvalue weighted by Crippen LogP contribution is -1.96. The first kappa shape index (κ1) is 13.9. The topological polar surface area (TPSA) is 63.1 Å². The summed E-state index contributed by atoms with van der Waals surface area (Å²) in [4.78, 5) is 19.1. The number of aliphatic carboxylic acids is 1. The van der Waals surface area contributed by atoms with Crippen LogP contribution in [-0.4, -0.2) is 21.0 Å². The van der Waals surface area contributed by atoms with Gasteiger partial charge in [0.2, 0.25) is 0 Å². The van der Waals surface area contributed by atoms with Gasteiger partial charge >= 0.3 is 5.97 Å². The fraction of sp³-hybridized carbons (Fsp3) is 0.188. The molecule has 2 aromatic rings. The second-order valence-corrected chi connectivity index (χ2v) is 4.72. The minimum atomic E-state index is -1.01.